The van der Waals surface area contributed by atoms with Crippen LogP contribution in [-0.2, 0) is 4.74 Å². The van der Waals surface area contributed by atoms with Crippen molar-refractivity contribution < 1.29 is 14.2 Å². The van der Waals surface area contributed by atoms with Crippen LogP contribution in [0.5, 0.6) is 11.5 Å². The van der Waals surface area contributed by atoms with Gasteiger partial charge in [-0.05, 0) is 30.3 Å². The number of aromatic amines is 1. The molecule has 4 rings (SSSR count). The Morgan fingerprint density at radius 2 is 1.93 bits per heavy atom. The topological polar surface area (TPSA) is 81.3 Å². The zero-order valence-corrected chi connectivity index (χ0v) is 16.4. The second kappa shape index (κ2) is 8.77. The number of rotatable bonds is 7. The smallest absolute Gasteiger partial charge is 0.163 e. The van der Waals surface area contributed by atoms with Crippen LogP contribution < -0.4 is 14.8 Å². The van der Waals surface area contributed by atoms with Gasteiger partial charge in [0.05, 0.1) is 30.9 Å². The molecule has 0 spiro atoms. The number of H-pyrrole nitrogens is 1. The van der Waals surface area contributed by atoms with Crippen molar-refractivity contribution in [2.45, 2.75) is 0 Å². The van der Waals surface area contributed by atoms with Crippen LogP contribution in [-0.4, -0.2) is 42.6 Å². The number of nitrogens with one attached hydrogen (secondary N) is 2. The fourth-order valence-electron chi connectivity index (χ4n) is 2.94. The molecule has 8 heteroatoms. The van der Waals surface area contributed by atoms with Gasteiger partial charge in [0.1, 0.15) is 6.61 Å². The molecule has 4 aromatic rings. The minimum Gasteiger partial charge on any atom is -0.493 e. The van der Waals surface area contributed by atoms with Gasteiger partial charge in [0.15, 0.2) is 11.5 Å². The van der Waals surface area contributed by atoms with Gasteiger partial charge in [0.2, 0.25) is 0 Å². The van der Waals surface area contributed by atoms with Crippen LogP contribution in [0.2, 0.25) is 0 Å². The zero-order chi connectivity index (χ0) is 18.6. The van der Waals surface area contributed by atoms with Gasteiger partial charge in [-0.1, -0.05) is 0 Å². The fourth-order valence-corrected chi connectivity index (χ4v) is 2.94. The van der Waals surface area contributed by atoms with Crippen molar-refractivity contribution in [1.29, 1.82) is 0 Å². The third-order valence-electron chi connectivity index (χ3n) is 4.29. The Labute approximate surface area is 168 Å². The van der Waals surface area contributed by atoms with Crippen molar-refractivity contribution >= 4 is 45.6 Å². The molecule has 0 fully saturated rings. The number of ether oxygens (including phenoxy) is 3. The van der Waals surface area contributed by atoms with Crippen LogP contribution in [0.3, 0.4) is 0 Å². The van der Waals surface area contributed by atoms with Gasteiger partial charge in [-0.3, -0.25) is 10.1 Å². The van der Waals surface area contributed by atoms with Crippen LogP contribution in [0, 0.1) is 0 Å². The van der Waals surface area contributed by atoms with Gasteiger partial charge in [0.25, 0.3) is 0 Å². The Hall–Kier alpha value is -3.03. The molecule has 146 valence electrons. The summed E-state index contributed by atoms with van der Waals surface area (Å²) in [6.45, 7) is 0.951. The number of hydrogen-bond acceptors (Lipinski definition) is 6. The predicted octanol–water partition coefficient (Wildman–Crippen LogP) is 4.31. The van der Waals surface area contributed by atoms with Gasteiger partial charge in [-0.25, -0.2) is 0 Å². The number of aromatic nitrogens is 3. The first-order valence-corrected chi connectivity index (χ1v) is 8.57. The molecule has 0 unspecified atom stereocenters. The Morgan fingerprint density at radius 3 is 2.75 bits per heavy atom. The van der Waals surface area contributed by atoms with Gasteiger partial charge < -0.3 is 19.5 Å². The number of pyridine rings is 1. The molecule has 28 heavy (non-hydrogen) atoms. The van der Waals surface area contributed by atoms with Gasteiger partial charge in [-0.15, -0.1) is 12.4 Å². The van der Waals surface area contributed by atoms with E-state index >= 15 is 0 Å². The maximum atomic E-state index is 5.75. The van der Waals surface area contributed by atoms with Crippen molar-refractivity contribution in [2.75, 3.05) is 32.8 Å². The summed E-state index contributed by atoms with van der Waals surface area (Å²) in [5, 5.41) is 12.5. The minimum absolute atomic E-state index is 0. The molecular weight excluding hydrogens is 380 g/mol. The average molecular weight is 401 g/mol. The maximum Gasteiger partial charge on any atom is 0.163 e. The lowest BCUT2D eigenvalue weighted by atomic mass is 10.1. The number of methoxy groups -OCH3 is 2. The van der Waals surface area contributed by atoms with Crippen molar-refractivity contribution in [3.8, 4) is 11.5 Å². The van der Waals surface area contributed by atoms with E-state index in [9.17, 15) is 0 Å². The number of hydrogen-bond donors (Lipinski definition) is 2. The summed E-state index contributed by atoms with van der Waals surface area (Å²) in [5.74, 6) is 1.30. The van der Waals surface area contributed by atoms with Crippen molar-refractivity contribution in [2.24, 2.45) is 0 Å². The summed E-state index contributed by atoms with van der Waals surface area (Å²) in [5.41, 5.74) is 3.68. The van der Waals surface area contributed by atoms with E-state index in [1.165, 1.54) is 0 Å². The molecule has 0 atom stereocenters. The second-order valence-corrected chi connectivity index (χ2v) is 6.02. The lowest BCUT2D eigenvalue weighted by Gasteiger charge is -2.14. The molecule has 0 aliphatic heterocycles. The number of fused-ring (bicyclic) bond motifs is 2. The first-order valence-electron chi connectivity index (χ1n) is 8.57. The van der Waals surface area contributed by atoms with E-state index in [1.54, 1.807) is 26.6 Å². The van der Waals surface area contributed by atoms with Gasteiger partial charge >= 0.3 is 0 Å². The van der Waals surface area contributed by atoms with Gasteiger partial charge in [-0.2, -0.15) is 5.10 Å². The summed E-state index contributed by atoms with van der Waals surface area (Å²) < 4.78 is 16.3. The molecule has 0 saturated carbocycles. The first-order chi connectivity index (χ1) is 13.3. The molecule has 2 N–H and O–H groups in total. The quantitative estimate of drug-likeness (QED) is 0.450. The normalized spacial score (nSPS) is 10.6. The summed E-state index contributed by atoms with van der Waals surface area (Å²) in [6.07, 6.45) is 3.57. The minimum atomic E-state index is 0. The molecule has 2 aromatic heterocycles. The lowest BCUT2D eigenvalue weighted by molar-refractivity contribution is 0.144. The van der Waals surface area contributed by atoms with Crippen LogP contribution in [0.25, 0.3) is 21.8 Å². The highest BCUT2D eigenvalue weighted by Gasteiger charge is 2.11. The van der Waals surface area contributed by atoms with E-state index < -0.39 is 0 Å². The fraction of sp³-hybridized carbons (Fsp3) is 0.200. The molecular formula is C20H21ClN4O3. The third kappa shape index (κ3) is 3.95. The Balaban J connectivity index is 0.00000225. The molecule has 0 radical (unpaired) electrons. The molecule has 0 saturated heterocycles. The molecule has 0 bridgehead atoms. The second-order valence-electron chi connectivity index (χ2n) is 6.02. The zero-order valence-electron chi connectivity index (χ0n) is 15.6. The summed E-state index contributed by atoms with van der Waals surface area (Å²) >= 11 is 0. The maximum absolute atomic E-state index is 5.75. The third-order valence-corrected chi connectivity index (χ3v) is 4.29. The van der Waals surface area contributed by atoms with E-state index in [0.717, 1.165) is 33.2 Å². The van der Waals surface area contributed by atoms with Crippen LogP contribution in [0.4, 0.5) is 11.4 Å². The van der Waals surface area contributed by atoms with Crippen molar-refractivity contribution in [1.82, 2.24) is 15.2 Å². The van der Waals surface area contributed by atoms with E-state index in [1.807, 2.05) is 36.4 Å². The van der Waals surface area contributed by atoms with Gasteiger partial charge in [0, 0.05) is 41.5 Å². The van der Waals surface area contributed by atoms with Crippen LogP contribution in [0.15, 0.2) is 48.8 Å². The van der Waals surface area contributed by atoms with E-state index in [0.29, 0.717) is 24.7 Å². The Bertz CT molecular complexity index is 1080. The average Bonchev–Trinajstić information content (AvgIpc) is 3.16. The number of anilines is 2. The van der Waals surface area contributed by atoms with E-state index in [-0.39, 0.29) is 12.4 Å². The van der Waals surface area contributed by atoms with Crippen molar-refractivity contribution in [3.05, 3.63) is 48.8 Å². The van der Waals surface area contributed by atoms with E-state index in [4.69, 9.17) is 14.2 Å². The molecule has 2 aromatic carbocycles. The highest BCUT2D eigenvalue weighted by atomic mass is 35.5. The first kappa shape index (κ1) is 19.7. The Kier molecular flexibility index (Phi) is 6.18. The summed E-state index contributed by atoms with van der Waals surface area (Å²) in [7, 11) is 3.26. The number of halogens is 1. The number of nitrogens with zero attached hydrogens (tertiary/aromatic N) is 2. The molecule has 0 aliphatic rings. The molecule has 7 nitrogen and oxygen atoms in total. The highest BCUT2D eigenvalue weighted by molar-refractivity contribution is 5.95. The predicted molar refractivity (Wildman–Crippen MR) is 112 cm³/mol. The Morgan fingerprint density at radius 1 is 1.04 bits per heavy atom. The van der Waals surface area contributed by atoms with Crippen molar-refractivity contribution in [3.63, 3.8) is 0 Å². The summed E-state index contributed by atoms with van der Waals surface area (Å²) in [4.78, 5) is 4.47. The standard InChI is InChI=1S/C20H20N4O3.ClH/c1-25-7-8-27-20-11-18-15(10-19(20)26-2)16(5-6-21-18)23-14-4-3-13-12-22-24-17(13)9-14;/h3-6,9-12H,7-8H2,1-2H3,(H,21,23)(H,22,24);1H. The molecule has 2 heterocycles. The number of benzene rings is 2. The van der Waals surface area contributed by atoms with E-state index in [2.05, 4.69) is 20.5 Å². The van der Waals surface area contributed by atoms with Crippen LogP contribution in [0.1, 0.15) is 0 Å². The van der Waals surface area contributed by atoms with Crippen LogP contribution >= 0.6 is 12.4 Å². The highest BCUT2D eigenvalue weighted by Crippen LogP contribution is 2.35. The molecule has 0 amide bonds. The molecule has 0 aliphatic carbocycles. The largest absolute Gasteiger partial charge is 0.493 e. The SMILES string of the molecule is COCCOc1cc2nccc(Nc3ccc4cn[nH]c4c3)c2cc1OC.Cl. The monoisotopic (exact) mass is 400 g/mol. The lowest BCUT2D eigenvalue weighted by Crippen LogP contribution is -2.05. The summed E-state index contributed by atoms with van der Waals surface area (Å²) in [6, 6.07) is 11.8.